The molecule has 0 saturated carbocycles. The standard InChI is InChI=1S/C27H28N2O2/c1-30-25-15-14-24(27-23(25)18-22(19-31-27)29-16-8-9-17-29)28-26(20-10-4-2-5-11-20)21-12-6-3-7-13-21/h2-7,10-15,22H,8-9,16-19H2,1H3. The molecule has 2 aliphatic heterocycles. The molecule has 4 nitrogen and oxygen atoms in total. The summed E-state index contributed by atoms with van der Waals surface area (Å²) in [6.07, 6.45) is 3.50. The van der Waals surface area contributed by atoms with Crippen molar-refractivity contribution in [3.63, 3.8) is 0 Å². The predicted molar refractivity (Wildman–Crippen MR) is 125 cm³/mol. The van der Waals surface area contributed by atoms with Crippen molar-refractivity contribution >= 4 is 11.4 Å². The van der Waals surface area contributed by atoms with E-state index in [1.165, 1.54) is 12.8 Å². The van der Waals surface area contributed by atoms with Gasteiger partial charge in [-0.25, -0.2) is 4.99 Å². The molecule has 2 aliphatic rings. The maximum absolute atomic E-state index is 6.37. The van der Waals surface area contributed by atoms with Gasteiger partial charge in [0.05, 0.1) is 12.8 Å². The number of methoxy groups -OCH3 is 1. The van der Waals surface area contributed by atoms with Crippen LogP contribution in [0.3, 0.4) is 0 Å². The van der Waals surface area contributed by atoms with Crippen LogP contribution in [-0.2, 0) is 6.42 Å². The highest BCUT2D eigenvalue weighted by Gasteiger charge is 2.30. The summed E-state index contributed by atoms with van der Waals surface area (Å²) in [7, 11) is 1.73. The van der Waals surface area contributed by atoms with E-state index in [1.54, 1.807) is 7.11 Å². The molecule has 0 aromatic heterocycles. The molecular formula is C27H28N2O2. The van der Waals surface area contributed by atoms with Gasteiger partial charge in [0.25, 0.3) is 0 Å². The first-order valence-electron chi connectivity index (χ1n) is 11.1. The lowest BCUT2D eigenvalue weighted by Gasteiger charge is -2.33. The van der Waals surface area contributed by atoms with Crippen LogP contribution in [0.5, 0.6) is 11.5 Å². The van der Waals surface area contributed by atoms with Crippen LogP contribution in [-0.4, -0.2) is 43.5 Å². The lowest BCUT2D eigenvalue weighted by Crippen LogP contribution is -2.41. The first kappa shape index (κ1) is 19.8. The van der Waals surface area contributed by atoms with Gasteiger partial charge in [0, 0.05) is 22.7 Å². The maximum Gasteiger partial charge on any atom is 0.151 e. The van der Waals surface area contributed by atoms with Crippen LogP contribution >= 0.6 is 0 Å². The highest BCUT2D eigenvalue weighted by molar-refractivity contribution is 6.14. The Labute approximate surface area is 184 Å². The van der Waals surface area contributed by atoms with Crippen LogP contribution in [0.2, 0.25) is 0 Å². The Hall–Kier alpha value is -3.11. The average molecular weight is 413 g/mol. The number of hydrogen-bond donors (Lipinski definition) is 0. The van der Waals surface area contributed by atoms with Gasteiger partial charge >= 0.3 is 0 Å². The molecule has 4 heteroatoms. The maximum atomic E-state index is 6.37. The lowest BCUT2D eigenvalue weighted by atomic mass is 9.98. The molecular weight excluding hydrogens is 384 g/mol. The molecule has 1 unspecified atom stereocenters. The van der Waals surface area contributed by atoms with Crippen LogP contribution in [0, 0.1) is 0 Å². The van der Waals surface area contributed by atoms with E-state index in [0.717, 1.165) is 59.1 Å². The largest absolute Gasteiger partial charge is 0.496 e. The van der Waals surface area contributed by atoms with E-state index in [0.29, 0.717) is 12.6 Å². The van der Waals surface area contributed by atoms with Gasteiger partial charge < -0.3 is 9.47 Å². The molecule has 0 bridgehead atoms. The normalized spacial score (nSPS) is 18.2. The van der Waals surface area contributed by atoms with Gasteiger partial charge in [-0.15, -0.1) is 0 Å². The number of nitrogens with zero attached hydrogens (tertiary/aromatic N) is 2. The van der Waals surface area contributed by atoms with E-state index < -0.39 is 0 Å². The molecule has 1 fully saturated rings. The number of hydrogen-bond acceptors (Lipinski definition) is 4. The van der Waals surface area contributed by atoms with E-state index >= 15 is 0 Å². The summed E-state index contributed by atoms with van der Waals surface area (Å²) in [5.41, 5.74) is 5.11. The number of benzene rings is 3. The Morgan fingerprint density at radius 3 is 2.16 bits per heavy atom. The zero-order valence-electron chi connectivity index (χ0n) is 18.0. The lowest BCUT2D eigenvalue weighted by molar-refractivity contribution is 0.141. The molecule has 1 atom stereocenters. The zero-order chi connectivity index (χ0) is 21.0. The minimum absolute atomic E-state index is 0.408. The van der Waals surface area contributed by atoms with E-state index in [4.69, 9.17) is 14.5 Å². The Bertz CT molecular complexity index is 1020. The summed E-state index contributed by atoms with van der Waals surface area (Å²) >= 11 is 0. The summed E-state index contributed by atoms with van der Waals surface area (Å²) in [6.45, 7) is 3.03. The number of likely N-dealkylation sites (tertiary alicyclic amines) is 1. The van der Waals surface area contributed by atoms with Crippen molar-refractivity contribution < 1.29 is 9.47 Å². The van der Waals surface area contributed by atoms with Crippen molar-refractivity contribution in [2.75, 3.05) is 26.8 Å². The molecule has 158 valence electrons. The number of aliphatic imine (C=N–C) groups is 1. The third-order valence-electron chi connectivity index (χ3n) is 6.26. The fourth-order valence-electron chi connectivity index (χ4n) is 4.65. The van der Waals surface area contributed by atoms with Crippen LogP contribution in [0.25, 0.3) is 0 Å². The van der Waals surface area contributed by atoms with Gasteiger partial charge in [0.2, 0.25) is 0 Å². The highest BCUT2D eigenvalue weighted by Crippen LogP contribution is 2.42. The van der Waals surface area contributed by atoms with E-state index in [9.17, 15) is 0 Å². The Morgan fingerprint density at radius 2 is 1.55 bits per heavy atom. The van der Waals surface area contributed by atoms with E-state index in [1.807, 2.05) is 24.3 Å². The van der Waals surface area contributed by atoms with Crippen molar-refractivity contribution in [1.29, 1.82) is 0 Å². The van der Waals surface area contributed by atoms with Crippen molar-refractivity contribution in [2.45, 2.75) is 25.3 Å². The molecule has 3 aromatic carbocycles. The average Bonchev–Trinajstić information content (AvgIpc) is 3.38. The fraction of sp³-hybridized carbons (Fsp3) is 0.296. The molecule has 0 radical (unpaired) electrons. The number of ether oxygens (including phenoxy) is 2. The quantitative estimate of drug-likeness (QED) is 0.536. The van der Waals surface area contributed by atoms with Gasteiger partial charge in [0.15, 0.2) is 5.75 Å². The van der Waals surface area contributed by atoms with Crippen LogP contribution in [0.4, 0.5) is 5.69 Å². The molecule has 5 rings (SSSR count). The predicted octanol–water partition coefficient (Wildman–Crippen LogP) is 5.26. The van der Waals surface area contributed by atoms with Gasteiger partial charge in [0.1, 0.15) is 18.0 Å². The SMILES string of the molecule is COc1ccc(N=C(c2ccccc2)c2ccccc2)c2c1CC(N1CCCC1)CO2. The third-order valence-corrected chi connectivity index (χ3v) is 6.26. The van der Waals surface area contributed by atoms with E-state index in [-0.39, 0.29) is 0 Å². The Balaban J connectivity index is 1.58. The first-order chi connectivity index (χ1) is 15.3. The summed E-state index contributed by atoms with van der Waals surface area (Å²) in [6, 6.07) is 25.1. The van der Waals surface area contributed by atoms with Crippen molar-refractivity contribution in [3.05, 3.63) is 89.5 Å². The molecule has 31 heavy (non-hydrogen) atoms. The smallest absolute Gasteiger partial charge is 0.151 e. The molecule has 0 aliphatic carbocycles. The summed E-state index contributed by atoms with van der Waals surface area (Å²) in [4.78, 5) is 7.69. The van der Waals surface area contributed by atoms with Crippen molar-refractivity contribution in [2.24, 2.45) is 4.99 Å². The van der Waals surface area contributed by atoms with Crippen LogP contribution in [0.15, 0.2) is 77.8 Å². The summed E-state index contributed by atoms with van der Waals surface area (Å²) in [5.74, 6) is 1.75. The molecule has 0 amide bonds. The highest BCUT2D eigenvalue weighted by atomic mass is 16.5. The molecule has 3 aromatic rings. The molecule has 0 spiro atoms. The second kappa shape index (κ2) is 8.94. The Morgan fingerprint density at radius 1 is 0.903 bits per heavy atom. The van der Waals surface area contributed by atoms with Gasteiger partial charge in [-0.2, -0.15) is 0 Å². The fourth-order valence-corrected chi connectivity index (χ4v) is 4.65. The molecule has 0 N–H and O–H groups in total. The second-order valence-corrected chi connectivity index (χ2v) is 8.20. The Kier molecular flexibility index (Phi) is 5.72. The first-order valence-corrected chi connectivity index (χ1v) is 11.1. The topological polar surface area (TPSA) is 34.1 Å². The number of rotatable bonds is 5. The van der Waals surface area contributed by atoms with Gasteiger partial charge in [-0.05, 0) is 44.5 Å². The van der Waals surface area contributed by atoms with Crippen LogP contribution < -0.4 is 9.47 Å². The monoisotopic (exact) mass is 412 g/mol. The van der Waals surface area contributed by atoms with Crippen molar-refractivity contribution in [3.8, 4) is 11.5 Å². The third kappa shape index (κ3) is 4.08. The minimum Gasteiger partial charge on any atom is -0.496 e. The van der Waals surface area contributed by atoms with E-state index in [2.05, 4.69) is 53.4 Å². The number of fused-ring (bicyclic) bond motifs is 1. The molecule has 2 heterocycles. The van der Waals surface area contributed by atoms with Gasteiger partial charge in [-0.1, -0.05) is 60.7 Å². The molecule has 1 saturated heterocycles. The second-order valence-electron chi connectivity index (χ2n) is 8.20. The zero-order valence-corrected chi connectivity index (χ0v) is 18.0. The van der Waals surface area contributed by atoms with Gasteiger partial charge in [-0.3, -0.25) is 4.90 Å². The van der Waals surface area contributed by atoms with Crippen molar-refractivity contribution in [1.82, 2.24) is 4.90 Å². The summed E-state index contributed by atoms with van der Waals surface area (Å²) in [5, 5.41) is 0. The van der Waals surface area contributed by atoms with Crippen LogP contribution in [0.1, 0.15) is 29.5 Å². The minimum atomic E-state index is 0.408. The summed E-state index contributed by atoms with van der Waals surface area (Å²) < 4.78 is 12.1.